The molecule has 0 amide bonds. The van der Waals surface area contributed by atoms with Gasteiger partial charge in [-0.2, -0.15) is 0 Å². The van der Waals surface area contributed by atoms with Crippen LogP contribution < -0.4 is 10.2 Å². The van der Waals surface area contributed by atoms with Gasteiger partial charge >= 0.3 is 0 Å². The monoisotopic (exact) mass is 262 g/mol. The second-order valence-corrected chi connectivity index (χ2v) is 5.21. The van der Waals surface area contributed by atoms with Gasteiger partial charge in [-0.05, 0) is 48.6 Å². The standard InChI is InChI=1S/C13H18N4S/c1-9-5-12(17(3)4)6-10(2)13(9)14-7-11-8-18-16-15-11/h5-6,8,14H,7H2,1-4H3. The highest BCUT2D eigenvalue weighted by Gasteiger charge is 2.06. The lowest BCUT2D eigenvalue weighted by Crippen LogP contribution is -2.10. The first-order valence-corrected chi connectivity index (χ1v) is 6.70. The molecule has 0 fully saturated rings. The average Bonchev–Trinajstić information content (AvgIpc) is 2.80. The van der Waals surface area contributed by atoms with Crippen LogP contribution in [0.1, 0.15) is 16.8 Å². The van der Waals surface area contributed by atoms with Crippen molar-refractivity contribution in [3.8, 4) is 0 Å². The number of benzene rings is 1. The molecule has 1 aromatic carbocycles. The van der Waals surface area contributed by atoms with E-state index in [0.717, 1.165) is 12.2 Å². The number of hydrogen-bond donors (Lipinski definition) is 1. The van der Waals surface area contributed by atoms with Gasteiger partial charge in [-0.3, -0.25) is 0 Å². The largest absolute Gasteiger partial charge is 0.379 e. The van der Waals surface area contributed by atoms with Gasteiger partial charge in [0.25, 0.3) is 0 Å². The molecule has 2 rings (SSSR count). The number of hydrogen-bond acceptors (Lipinski definition) is 5. The summed E-state index contributed by atoms with van der Waals surface area (Å²) in [6.45, 7) is 4.97. The molecule has 18 heavy (non-hydrogen) atoms. The maximum Gasteiger partial charge on any atom is 0.0946 e. The first-order chi connectivity index (χ1) is 8.58. The van der Waals surface area contributed by atoms with Gasteiger partial charge in [-0.1, -0.05) is 4.49 Å². The molecule has 0 aliphatic carbocycles. The summed E-state index contributed by atoms with van der Waals surface area (Å²) in [4.78, 5) is 2.12. The third-order valence-corrected chi connectivity index (χ3v) is 3.44. The van der Waals surface area contributed by atoms with Gasteiger partial charge in [-0.25, -0.2) is 0 Å². The van der Waals surface area contributed by atoms with Gasteiger partial charge < -0.3 is 10.2 Å². The number of nitrogens with one attached hydrogen (secondary N) is 1. The molecule has 5 heteroatoms. The van der Waals surface area contributed by atoms with Crippen molar-refractivity contribution in [2.75, 3.05) is 24.3 Å². The number of aromatic nitrogens is 2. The molecular weight excluding hydrogens is 244 g/mol. The molecule has 0 bridgehead atoms. The van der Waals surface area contributed by atoms with E-state index in [1.807, 2.05) is 5.38 Å². The highest BCUT2D eigenvalue weighted by molar-refractivity contribution is 7.03. The lowest BCUT2D eigenvalue weighted by atomic mass is 10.1. The molecule has 96 valence electrons. The SMILES string of the molecule is Cc1cc(N(C)C)cc(C)c1NCc1csnn1. The molecule has 0 atom stereocenters. The Balaban J connectivity index is 2.18. The van der Waals surface area contributed by atoms with Crippen molar-refractivity contribution in [2.24, 2.45) is 0 Å². The lowest BCUT2D eigenvalue weighted by molar-refractivity contribution is 0.994. The minimum absolute atomic E-state index is 0.722. The summed E-state index contributed by atoms with van der Waals surface area (Å²) in [5.74, 6) is 0. The first kappa shape index (κ1) is 12.8. The molecular formula is C13H18N4S. The van der Waals surface area contributed by atoms with Crippen LogP contribution in [0.4, 0.5) is 11.4 Å². The van der Waals surface area contributed by atoms with Gasteiger partial charge in [-0.15, -0.1) is 5.10 Å². The van der Waals surface area contributed by atoms with Crippen LogP contribution in [0.3, 0.4) is 0 Å². The van der Waals surface area contributed by atoms with E-state index in [0.29, 0.717) is 0 Å². The van der Waals surface area contributed by atoms with Crippen molar-refractivity contribution < 1.29 is 0 Å². The maximum atomic E-state index is 4.03. The van der Waals surface area contributed by atoms with E-state index in [-0.39, 0.29) is 0 Å². The third-order valence-electron chi connectivity index (χ3n) is 2.89. The second kappa shape index (κ2) is 5.35. The van der Waals surface area contributed by atoms with Crippen LogP contribution in [0.2, 0.25) is 0 Å². The van der Waals surface area contributed by atoms with Crippen molar-refractivity contribution in [1.29, 1.82) is 0 Å². The van der Waals surface area contributed by atoms with E-state index < -0.39 is 0 Å². The van der Waals surface area contributed by atoms with Gasteiger partial charge in [0.05, 0.1) is 12.2 Å². The third kappa shape index (κ3) is 2.79. The molecule has 0 saturated carbocycles. The highest BCUT2D eigenvalue weighted by Crippen LogP contribution is 2.26. The Hall–Kier alpha value is -1.62. The number of nitrogens with zero attached hydrogens (tertiary/aromatic N) is 3. The predicted molar refractivity (Wildman–Crippen MR) is 77.5 cm³/mol. The van der Waals surface area contributed by atoms with E-state index in [4.69, 9.17) is 0 Å². The van der Waals surface area contributed by atoms with Crippen LogP contribution in [-0.4, -0.2) is 23.7 Å². The average molecular weight is 262 g/mol. The Bertz CT molecular complexity index is 497. The molecule has 2 aromatic rings. The van der Waals surface area contributed by atoms with Crippen LogP contribution in [0.15, 0.2) is 17.5 Å². The van der Waals surface area contributed by atoms with Crippen LogP contribution in [0.25, 0.3) is 0 Å². The summed E-state index contributed by atoms with van der Waals surface area (Å²) >= 11 is 1.38. The van der Waals surface area contributed by atoms with E-state index in [1.54, 1.807) is 0 Å². The Labute approximate surface area is 112 Å². The van der Waals surface area contributed by atoms with Gasteiger partial charge in [0.2, 0.25) is 0 Å². The maximum absolute atomic E-state index is 4.03. The zero-order chi connectivity index (χ0) is 13.1. The van der Waals surface area contributed by atoms with Gasteiger partial charge in [0.1, 0.15) is 0 Å². The number of anilines is 2. The van der Waals surface area contributed by atoms with Gasteiger partial charge in [0, 0.05) is 30.9 Å². The molecule has 0 saturated heterocycles. The van der Waals surface area contributed by atoms with Crippen molar-refractivity contribution in [3.05, 3.63) is 34.3 Å². The summed E-state index contributed by atoms with van der Waals surface area (Å²) in [5, 5.41) is 9.43. The number of rotatable bonds is 4. The van der Waals surface area contributed by atoms with Crippen LogP contribution in [-0.2, 0) is 6.54 Å². The quantitative estimate of drug-likeness (QED) is 0.920. The fourth-order valence-electron chi connectivity index (χ4n) is 1.92. The van der Waals surface area contributed by atoms with Gasteiger partial charge in [0.15, 0.2) is 0 Å². The smallest absolute Gasteiger partial charge is 0.0946 e. The Kier molecular flexibility index (Phi) is 3.81. The Morgan fingerprint density at radius 1 is 1.22 bits per heavy atom. The Morgan fingerprint density at radius 2 is 1.89 bits per heavy atom. The molecule has 0 aliphatic rings. The molecule has 0 aliphatic heterocycles. The summed E-state index contributed by atoms with van der Waals surface area (Å²) in [5.41, 5.74) is 5.90. The van der Waals surface area contributed by atoms with Crippen LogP contribution in [0, 0.1) is 13.8 Å². The fraction of sp³-hybridized carbons (Fsp3) is 0.385. The minimum atomic E-state index is 0.722. The van der Waals surface area contributed by atoms with Crippen molar-refractivity contribution in [3.63, 3.8) is 0 Å². The van der Waals surface area contributed by atoms with E-state index >= 15 is 0 Å². The summed E-state index contributed by atoms with van der Waals surface area (Å²) < 4.78 is 3.86. The molecule has 1 aromatic heterocycles. The normalized spacial score (nSPS) is 10.4. The van der Waals surface area contributed by atoms with Crippen molar-refractivity contribution >= 4 is 22.9 Å². The van der Waals surface area contributed by atoms with E-state index in [9.17, 15) is 0 Å². The van der Waals surface area contributed by atoms with Crippen molar-refractivity contribution in [1.82, 2.24) is 9.59 Å². The highest BCUT2D eigenvalue weighted by atomic mass is 32.1. The molecule has 4 nitrogen and oxygen atoms in total. The lowest BCUT2D eigenvalue weighted by Gasteiger charge is -2.18. The fourth-order valence-corrected chi connectivity index (χ4v) is 2.37. The zero-order valence-corrected chi connectivity index (χ0v) is 12.0. The molecule has 0 unspecified atom stereocenters. The Morgan fingerprint density at radius 3 is 2.39 bits per heavy atom. The zero-order valence-electron chi connectivity index (χ0n) is 11.2. The summed E-state index contributed by atoms with van der Waals surface area (Å²) in [6.07, 6.45) is 0. The molecule has 1 N–H and O–H groups in total. The van der Waals surface area contributed by atoms with Crippen LogP contribution >= 0.6 is 11.5 Å². The van der Waals surface area contributed by atoms with E-state index in [1.165, 1.54) is 34.0 Å². The second-order valence-electron chi connectivity index (χ2n) is 4.60. The molecule has 0 radical (unpaired) electrons. The summed E-state index contributed by atoms with van der Waals surface area (Å²) in [7, 11) is 4.12. The summed E-state index contributed by atoms with van der Waals surface area (Å²) in [6, 6.07) is 4.38. The predicted octanol–water partition coefficient (Wildman–Crippen LogP) is 2.83. The molecule has 0 spiro atoms. The topological polar surface area (TPSA) is 41.0 Å². The van der Waals surface area contributed by atoms with Crippen LogP contribution in [0.5, 0.6) is 0 Å². The molecule has 1 heterocycles. The van der Waals surface area contributed by atoms with Crippen molar-refractivity contribution in [2.45, 2.75) is 20.4 Å². The minimum Gasteiger partial charge on any atom is -0.379 e. The first-order valence-electron chi connectivity index (χ1n) is 5.86. The van der Waals surface area contributed by atoms with E-state index in [2.05, 4.69) is 59.9 Å². The number of aryl methyl sites for hydroxylation is 2.